The summed E-state index contributed by atoms with van der Waals surface area (Å²) in [6, 6.07) is 11.5. The van der Waals surface area contributed by atoms with Crippen molar-refractivity contribution in [3.63, 3.8) is 0 Å². The Hall–Kier alpha value is -1.86. The first kappa shape index (κ1) is 23.2. The summed E-state index contributed by atoms with van der Waals surface area (Å²) < 4.78 is 10.6. The van der Waals surface area contributed by atoms with E-state index < -0.39 is 0 Å². The second-order valence-electron chi connectivity index (χ2n) is 6.05. The Morgan fingerprint density at radius 1 is 1.00 bits per heavy atom. The van der Waals surface area contributed by atoms with Crippen LogP contribution < -0.4 is 14.4 Å². The van der Waals surface area contributed by atoms with Gasteiger partial charge in [-0.25, -0.2) is 0 Å². The lowest BCUT2D eigenvalue weighted by molar-refractivity contribution is 0.248. The number of benzene rings is 2. The van der Waals surface area contributed by atoms with E-state index in [0.717, 1.165) is 49.7 Å². The van der Waals surface area contributed by atoms with E-state index in [2.05, 4.69) is 15.9 Å². The molecule has 0 spiro atoms. The molecule has 0 atom stereocenters. The van der Waals surface area contributed by atoms with Crippen LogP contribution in [0.1, 0.15) is 5.56 Å². The summed E-state index contributed by atoms with van der Waals surface area (Å²) in [5.74, 6) is 1.42. The number of methoxy groups -OCH3 is 2. The molecule has 1 saturated heterocycles. The van der Waals surface area contributed by atoms with Gasteiger partial charge in [0.15, 0.2) is 11.5 Å². The standard InChI is InChI=1S/C19H23ClN2O3.ClH.H2O/c1-24-18-6-4-3-5-16(18)22-9-7-21(8-10-22)13-14-11-19(25-2)17(23)12-15(14)20;;/h3-6,11-12,23H,7-10,13H2,1-2H3;1H;1H2. The Kier molecular flexibility index (Phi) is 8.99. The number of rotatable bonds is 5. The third kappa shape index (κ3) is 5.32. The SMILES string of the molecule is COc1cc(CN2CCN(c3ccccc3OC)CC2)c(Cl)cc1O.Cl.O. The number of piperazine rings is 1. The Morgan fingerprint density at radius 3 is 2.26 bits per heavy atom. The van der Waals surface area contributed by atoms with Crippen LogP contribution in [-0.2, 0) is 6.54 Å². The number of hydrogen-bond acceptors (Lipinski definition) is 5. The van der Waals surface area contributed by atoms with E-state index in [-0.39, 0.29) is 23.6 Å². The van der Waals surface area contributed by atoms with Crippen molar-refractivity contribution in [1.29, 1.82) is 0 Å². The summed E-state index contributed by atoms with van der Waals surface area (Å²) in [4.78, 5) is 4.69. The predicted octanol–water partition coefficient (Wildman–Crippen LogP) is 2.98. The van der Waals surface area contributed by atoms with Gasteiger partial charge in [-0.1, -0.05) is 23.7 Å². The van der Waals surface area contributed by atoms with Gasteiger partial charge in [0.25, 0.3) is 0 Å². The maximum atomic E-state index is 9.79. The quantitative estimate of drug-likeness (QED) is 0.810. The van der Waals surface area contributed by atoms with Gasteiger partial charge in [-0.2, -0.15) is 0 Å². The van der Waals surface area contributed by atoms with E-state index in [1.807, 2.05) is 24.3 Å². The molecule has 0 aromatic heterocycles. The summed E-state index contributed by atoms with van der Waals surface area (Å²) in [6.07, 6.45) is 0. The van der Waals surface area contributed by atoms with Crippen LogP contribution in [0.2, 0.25) is 5.02 Å². The topological polar surface area (TPSA) is 76.7 Å². The molecule has 0 amide bonds. The van der Waals surface area contributed by atoms with Crippen molar-refractivity contribution >= 4 is 29.7 Å². The van der Waals surface area contributed by atoms with Gasteiger partial charge in [-0.3, -0.25) is 4.90 Å². The predicted molar refractivity (Wildman–Crippen MR) is 111 cm³/mol. The van der Waals surface area contributed by atoms with Crippen molar-refractivity contribution in [2.75, 3.05) is 45.3 Å². The molecule has 150 valence electrons. The van der Waals surface area contributed by atoms with Gasteiger partial charge in [0.05, 0.1) is 19.9 Å². The van der Waals surface area contributed by atoms with Gasteiger partial charge in [0.2, 0.25) is 0 Å². The van der Waals surface area contributed by atoms with Gasteiger partial charge in [-0.05, 0) is 23.8 Å². The van der Waals surface area contributed by atoms with E-state index in [0.29, 0.717) is 10.8 Å². The number of phenolic OH excluding ortho intramolecular Hbond substituents is 1. The number of phenols is 1. The Labute approximate surface area is 171 Å². The van der Waals surface area contributed by atoms with Gasteiger partial charge >= 0.3 is 0 Å². The highest BCUT2D eigenvalue weighted by molar-refractivity contribution is 6.31. The van der Waals surface area contributed by atoms with Gasteiger partial charge < -0.3 is 25.0 Å². The summed E-state index contributed by atoms with van der Waals surface area (Å²) in [7, 11) is 3.24. The summed E-state index contributed by atoms with van der Waals surface area (Å²) in [6.45, 7) is 4.44. The molecule has 2 aromatic rings. The summed E-state index contributed by atoms with van der Waals surface area (Å²) in [5, 5.41) is 10.4. The zero-order valence-electron chi connectivity index (χ0n) is 15.4. The van der Waals surface area contributed by atoms with Gasteiger partial charge in [0.1, 0.15) is 5.75 Å². The molecule has 2 aromatic carbocycles. The normalized spacial score (nSPS) is 14.1. The highest BCUT2D eigenvalue weighted by Crippen LogP contribution is 2.33. The molecule has 1 fully saturated rings. The lowest BCUT2D eigenvalue weighted by Crippen LogP contribution is -2.46. The fourth-order valence-electron chi connectivity index (χ4n) is 3.15. The highest BCUT2D eigenvalue weighted by atomic mass is 35.5. The molecule has 1 aliphatic heterocycles. The van der Waals surface area contributed by atoms with Crippen LogP contribution in [0, 0.1) is 0 Å². The van der Waals surface area contributed by atoms with Crippen molar-refractivity contribution in [1.82, 2.24) is 4.90 Å². The zero-order chi connectivity index (χ0) is 17.8. The van der Waals surface area contributed by atoms with E-state index in [4.69, 9.17) is 21.1 Å². The van der Waals surface area contributed by atoms with Crippen molar-refractivity contribution in [3.05, 3.63) is 47.0 Å². The molecule has 0 aliphatic carbocycles. The van der Waals surface area contributed by atoms with Crippen molar-refractivity contribution in [2.24, 2.45) is 0 Å². The number of halogens is 2. The molecular formula is C19H26Cl2N2O4. The van der Waals surface area contributed by atoms with Crippen LogP contribution in [0.5, 0.6) is 17.2 Å². The van der Waals surface area contributed by atoms with Crippen LogP contribution in [0.4, 0.5) is 5.69 Å². The third-order valence-corrected chi connectivity index (χ3v) is 4.89. The van der Waals surface area contributed by atoms with Crippen LogP contribution in [0.15, 0.2) is 36.4 Å². The number of ether oxygens (including phenoxy) is 2. The minimum atomic E-state index is 0. The third-order valence-electron chi connectivity index (χ3n) is 4.54. The van der Waals surface area contributed by atoms with E-state index in [1.165, 1.54) is 0 Å². The molecule has 1 heterocycles. The first-order valence-corrected chi connectivity index (χ1v) is 8.66. The molecular weight excluding hydrogens is 391 g/mol. The summed E-state index contributed by atoms with van der Waals surface area (Å²) >= 11 is 6.27. The van der Waals surface area contributed by atoms with Gasteiger partial charge in [-0.15, -0.1) is 12.4 Å². The number of nitrogens with zero attached hydrogens (tertiary/aromatic N) is 2. The average Bonchev–Trinajstić information content (AvgIpc) is 2.64. The van der Waals surface area contributed by atoms with Gasteiger partial charge in [0, 0.05) is 43.8 Å². The molecule has 27 heavy (non-hydrogen) atoms. The molecule has 6 nitrogen and oxygen atoms in total. The molecule has 3 N–H and O–H groups in total. The van der Waals surface area contributed by atoms with Crippen LogP contribution in [0.25, 0.3) is 0 Å². The number of hydrogen-bond donors (Lipinski definition) is 1. The minimum Gasteiger partial charge on any atom is -0.504 e. The first-order valence-electron chi connectivity index (χ1n) is 8.28. The molecule has 0 unspecified atom stereocenters. The molecule has 0 radical (unpaired) electrons. The number of anilines is 1. The lowest BCUT2D eigenvalue weighted by Gasteiger charge is -2.36. The largest absolute Gasteiger partial charge is 0.504 e. The van der Waals surface area contributed by atoms with Crippen LogP contribution in [0.3, 0.4) is 0 Å². The average molecular weight is 417 g/mol. The molecule has 1 aliphatic rings. The maximum Gasteiger partial charge on any atom is 0.160 e. The lowest BCUT2D eigenvalue weighted by atomic mass is 10.1. The van der Waals surface area contributed by atoms with E-state index in [1.54, 1.807) is 20.3 Å². The second kappa shape index (κ2) is 10.5. The number of aromatic hydroxyl groups is 1. The van der Waals surface area contributed by atoms with Crippen molar-refractivity contribution < 1.29 is 20.1 Å². The fourth-order valence-corrected chi connectivity index (χ4v) is 3.37. The van der Waals surface area contributed by atoms with E-state index in [9.17, 15) is 5.11 Å². The molecule has 3 rings (SSSR count). The molecule has 0 saturated carbocycles. The Bertz CT molecular complexity index is 738. The monoisotopic (exact) mass is 416 g/mol. The Balaban J connectivity index is 0.00000182. The summed E-state index contributed by atoms with van der Waals surface area (Å²) in [5.41, 5.74) is 2.09. The van der Waals surface area contributed by atoms with Crippen molar-refractivity contribution in [2.45, 2.75) is 6.54 Å². The zero-order valence-corrected chi connectivity index (χ0v) is 17.0. The molecule has 0 bridgehead atoms. The first-order chi connectivity index (χ1) is 12.1. The highest BCUT2D eigenvalue weighted by Gasteiger charge is 2.20. The van der Waals surface area contributed by atoms with Crippen LogP contribution in [-0.4, -0.2) is 55.9 Å². The van der Waals surface area contributed by atoms with Crippen LogP contribution >= 0.6 is 24.0 Å². The van der Waals surface area contributed by atoms with Crippen molar-refractivity contribution in [3.8, 4) is 17.2 Å². The Morgan fingerprint density at radius 2 is 1.63 bits per heavy atom. The van der Waals surface area contributed by atoms with E-state index >= 15 is 0 Å². The molecule has 8 heteroatoms. The smallest absolute Gasteiger partial charge is 0.160 e. The maximum absolute atomic E-state index is 9.79. The number of para-hydroxylation sites is 2. The fraction of sp³-hybridized carbons (Fsp3) is 0.368. The second-order valence-corrected chi connectivity index (χ2v) is 6.46. The minimum absolute atomic E-state index is 0.